The van der Waals surface area contributed by atoms with E-state index < -0.39 is 0 Å². The number of rotatable bonds is 5. The van der Waals surface area contributed by atoms with Crippen LogP contribution in [-0.4, -0.2) is 17.6 Å². The molecular formula is C24H21ClN2O2S. The summed E-state index contributed by atoms with van der Waals surface area (Å²) in [6.07, 6.45) is 0.852. The number of benzene rings is 3. The Balaban J connectivity index is 1.62. The molecule has 0 aromatic heterocycles. The third-order valence-electron chi connectivity index (χ3n) is 5.05. The van der Waals surface area contributed by atoms with Gasteiger partial charge < -0.3 is 5.32 Å². The number of halogens is 1. The zero-order valence-electron chi connectivity index (χ0n) is 16.5. The molecule has 1 aliphatic heterocycles. The summed E-state index contributed by atoms with van der Waals surface area (Å²) in [5, 5.41) is 3.19. The number of hydrogen-bond donors (Lipinski definition) is 1. The van der Waals surface area contributed by atoms with Gasteiger partial charge in [0.15, 0.2) is 0 Å². The first kappa shape index (κ1) is 20.5. The van der Waals surface area contributed by atoms with Gasteiger partial charge in [-0.05, 0) is 47.9 Å². The fourth-order valence-corrected chi connectivity index (χ4v) is 4.97. The molecule has 4 rings (SSSR count). The molecule has 0 bridgehead atoms. The number of hydrogen-bond acceptors (Lipinski definition) is 3. The summed E-state index contributed by atoms with van der Waals surface area (Å²) >= 11 is 7.74. The predicted octanol–water partition coefficient (Wildman–Crippen LogP) is 5.93. The van der Waals surface area contributed by atoms with Gasteiger partial charge in [-0.2, -0.15) is 0 Å². The number of carbonyl (C=O) groups excluding carboxylic acids is 2. The number of nitrogens with one attached hydrogen (secondary N) is 1. The van der Waals surface area contributed by atoms with E-state index in [1.165, 1.54) is 0 Å². The molecule has 0 aliphatic carbocycles. The second kappa shape index (κ2) is 8.94. The Morgan fingerprint density at radius 2 is 1.87 bits per heavy atom. The van der Waals surface area contributed by atoms with Crippen molar-refractivity contribution in [1.82, 2.24) is 0 Å². The topological polar surface area (TPSA) is 49.4 Å². The minimum Gasteiger partial charge on any atom is -0.322 e. The zero-order valence-corrected chi connectivity index (χ0v) is 18.0. The van der Waals surface area contributed by atoms with E-state index >= 15 is 0 Å². The lowest BCUT2D eigenvalue weighted by Gasteiger charge is -2.26. The summed E-state index contributed by atoms with van der Waals surface area (Å²) < 4.78 is 0. The van der Waals surface area contributed by atoms with Crippen LogP contribution < -0.4 is 10.2 Å². The van der Waals surface area contributed by atoms with Crippen LogP contribution in [0.4, 0.5) is 11.4 Å². The number of nitrogens with zero attached hydrogens (tertiary/aromatic N) is 1. The molecule has 2 amide bonds. The second-order valence-corrected chi connectivity index (χ2v) is 8.44. The lowest BCUT2D eigenvalue weighted by atomic mass is 10.1. The van der Waals surface area contributed by atoms with Crippen molar-refractivity contribution in [3.8, 4) is 0 Å². The van der Waals surface area contributed by atoms with Gasteiger partial charge in [0, 0.05) is 11.4 Å². The fraction of sp³-hybridized carbons (Fsp3) is 0.167. The van der Waals surface area contributed by atoms with Crippen LogP contribution in [0.2, 0.25) is 5.02 Å². The van der Waals surface area contributed by atoms with E-state index in [1.54, 1.807) is 36.0 Å². The van der Waals surface area contributed by atoms with Crippen LogP contribution in [0.25, 0.3) is 0 Å². The van der Waals surface area contributed by atoms with Gasteiger partial charge in [-0.3, -0.25) is 14.5 Å². The van der Waals surface area contributed by atoms with E-state index in [-0.39, 0.29) is 17.2 Å². The molecule has 1 atom stereocenters. The second-order valence-electron chi connectivity index (χ2n) is 6.97. The highest BCUT2D eigenvalue weighted by Crippen LogP contribution is 2.43. The molecular weight excluding hydrogens is 416 g/mol. The molecule has 4 nitrogen and oxygen atoms in total. The quantitative estimate of drug-likeness (QED) is 0.539. The van der Waals surface area contributed by atoms with Crippen LogP contribution in [0.3, 0.4) is 0 Å². The van der Waals surface area contributed by atoms with E-state index in [2.05, 4.69) is 18.3 Å². The molecule has 6 heteroatoms. The highest BCUT2D eigenvalue weighted by molar-refractivity contribution is 8.00. The number of aryl methyl sites for hydroxylation is 1. The molecule has 3 aromatic carbocycles. The van der Waals surface area contributed by atoms with Crippen LogP contribution >= 0.6 is 23.4 Å². The summed E-state index contributed by atoms with van der Waals surface area (Å²) in [5.74, 6) is 0.261. The lowest BCUT2D eigenvalue weighted by Crippen LogP contribution is -2.28. The predicted molar refractivity (Wildman–Crippen MR) is 124 cm³/mol. The number of anilines is 2. The molecule has 1 fully saturated rings. The minimum atomic E-state index is -0.263. The standard InChI is InChI=1S/C24H21ClN2O2S/c1-2-16-8-3-6-13-21(16)27-22(28)15-30-24(27)17-9-7-10-18(14-17)26-23(29)19-11-4-5-12-20(19)25/h3-14,24H,2,15H2,1H3,(H,26,29)/t24-/m0/s1. The van der Waals surface area contributed by atoms with Gasteiger partial charge in [0.25, 0.3) is 5.91 Å². The summed E-state index contributed by atoms with van der Waals surface area (Å²) in [6, 6.07) is 22.6. The fourth-order valence-electron chi connectivity index (χ4n) is 3.59. The van der Waals surface area contributed by atoms with Crippen molar-refractivity contribution in [3.63, 3.8) is 0 Å². The molecule has 0 unspecified atom stereocenters. The third-order valence-corrected chi connectivity index (χ3v) is 6.59. The number of carbonyl (C=O) groups is 2. The summed E-state index contributed by atoms with van der Waals surface area (Å²) in [6.45, 7) is 2.09. The summed E-state index contributed by atoms with van der Waals surface area (Å²) in [7, 11) is 0. The molecule has 30 heavy (non-hydrogen) atoms. The van der Waals surface area contributed by atoms with Crippen molar-refractivity contribution in [2.45, 2.75) is 18.7 Å². The SMILES string of the molecule is CCc1ccccc1N1C(=O)CS[C@H]1c1cccc(NC(=O)c2ccccc2Cl)c1. The molecule has 152 valence electrons. The molecule has 3 aromatic rings. The minimum absolute atomic E-state index is 0.0939. The van der Waals surface area contributed by atoms with E-state index in [9.17, 15) is 9.59 Å². The first-order valence-corrected chi connectivity index (χ1v) is 11.2. The third kappa shape index (κ3) is 4.09. The van der Waals surface area contributed by atoms with E-state index in [4.69, 9.17) is 11.6 Å². The van der Waals surface area contributed by atoms with Gasteiger partial charge in [0.1, 0.15) is 5.37 Å². The summed E-state index contributed by atoms with van der Waals surface area (Å²) in [5.41, 5.74) is 4.15. The lowest BCUT2D eigenvalue weighted by molar-refractivity contribution is -0.115. The maximum Gasteiger partial charge on any atom is 0.257 e. The van der Waals surface area contributed by atoms with Gasteiger partial charge in [-0.15, -0.1) is 11.8 Å². The van der Waals surface area contributed by atoms with Crippen LogP contribution in [0, 0.1) is 0 Å². The van der Waals surface area contributed by atoms with Crippen molar-refractivity contribution in [1.29, 1.82) is 0 Å². The van der Waals surface area contributed by atoms with Gasteiger partial charge in [-0.25, -0.2) is 0 Å². The molecule has 0 radical (unpaired) electrons. The van der Waals surface area contributed by atoms with Gasteiger partial charge >= 0.3 is 0 Å². The maximum absolute atomic E-state index is 12.7. The first-order valence-electron chi connectivity index (χ1n) is 9.76. The Labute approximate surface area is 185 Å². The first-order chi connectivity index (χ1) is 14.6. The normalized spacial score (nSPS) is 16.0. The van der Waals surface area contributed by atoms with Crippen LogP contribution in [0.1, 0.15) is 33.8 Å². The monoisotopic (exact) mass is 436 g/mol. The zero-order chi connectivity index (χ0) is 21.1. The molecule has 1 N–H and O–H groups in total. The highest BCUT2D eigenvalue weighted by Gasteiger charge is 2.35. The van der Waals surface area contributed by atoms with Crippen molar-refractivity contribution in [2.75, 3.05) is 16.0 Å². The van der Waals surface area contributed by atoms with E-state index in [1.807, 2.05) is 47.4 Å². The molecule has 1 heterocycles. The highest BCUT2D eigenvalue weighted by atomic mass is 35.5. The Morgan fingerprint density at radius 3 is 2.67 bits per heavy atom. The molecule has 0 spiro atoms. The van der Waals surface area contributed by atoms with Crippen LogP contribution in [0.15, 0.2) is 72.8 Å². The van der Waals surface area contributed by atoms with E-state index in [0.29, 0.717) is 22.0 Å². The van der Waals surface area contributed by atoms with Gasteiger partial charge in [-0.1, -0.05) is 61.0 Å². The number of amides is 2. The molecule has 1 aliphatic rings. The van der Waals surface area contributed by atoms with Crippen molar-refractivity contribution >= 4 is 46.6 Å². The molecule has 0 saturated carbocycles. The number of para-hydroxylation sites is 1. The Hall–Kier alpha value is -2.76. The van der Waals surface area contributed by atoms with E-state index in [0.717, 1.165) is 23.2 Å². The average molecular weight is 437 g/mol. The Morgan fingerprint density at radius 1 is 1.10 bits per heavy atom. The van der Waals surface area contributed by atoms with Crippen molar-refractivity contribution in [3.05, 3.63) is 94.5 Å². The Kier molecular flexibility index (Phi) is 6.11. The van der Waals surface area contributed by atoms with Gasteiger partial charge in [0.2, 0.25) is 5.91 Å². The average Bonchev–Trinajstić information content (AvgIpc) is 3.15. The van der Waals surface area contributed by atoms with Crippen molar-refractivity contribution in [2.24, 2.45) is 0 Å². The van der Waals surface area contributed by atoms with Crippen LogP contribution in [0.5, 0.6) is 0 Å². The maximum atomic E-state index is 12.7. The smallest absolute Gasteiger partial charge is 0.257 e. The van der Waals surface area contributed by atoms with Gasteiger partial charge in [0.05, 0.1) is 16.3 Å². The summed E-state index contributed by atoms with van der Waals surface area (Å²) in [4.78, 5) is 27.2. The number of thioether (sulfide) groups is 1. The largest absolute Gasteiger partial charge is 0.322 e. The van der Waals surface area contributed by atoms with Crippen molar-refractivity contribution < 1.29 is 9.59 Å². The van der Waals surface area contributed by atoms with Crippen LogP contribution in [-0.2, 0) is 11.2 Å². The Bertz CT molecular complexity index is 1100. The molecule has 1 saturated heterocycles.